The SMILES string of the molecule is CC(C)c1cccc(C(C)C)c1N=Cc1ccccc1P(c1ccccc1)c1ccccc1.CC(C)c1cccc(C(C)C)c1N=Cc1ccccc1P(c1ccccc1)c1ccccc1.ClC(Cl)Cl.[Au+].[Au+].[Cl-].[Cl-]. The summed E-state index contributed by atoms with van der Waals surface area (Å²) in [5.74, 6) is 1.71. The average Bonchev–Trinajstić information content (AvgIpc) is 3.37. The van der Waals surface area contributed by atoms with E-state index in [9.17, 15) is 0 Å². The largest absolute Gasteiger partial charge is 1.00 e. The Hall–Kier alpha value is -3.11. The van der Waals surface area contributed by atoms with E-state index in [1.807, 2.05) is 0 Å². The van der Waals surface area contributed by atoms with Crippen molar-refractivity contribution in [3.05, 3.63) is 240 Å². The van der Waals surface area contributed by atoms with E-state index in [4.69, 9.17) is 44.8 Å². The summed E-state index contributed by atoms with van der Waals surface area (Å²) in [6.07, 6.45) is 4.17. The van der Waals surface area contributed by atoms with Gasteiger partial charge in [-0.25, -0.2) is 0 Å². The first-order valence-electron chi connectivity index (χ1n) is 24.1. The first-order valence-corrected chi connectivity index (χ1v) is 28.1. The predicted molar refractivity (Wildman–Crippen MR) is 315 cm³/mol. The van der Waals surface area contributed by atoms with Gasteiger partial charge in [0.15, 0.2) is 4.30 Å². The van der Waals surface area contributed by atoms with Gasteiger partial charge >= 0.3 is 44.8 Å². The number of hydrogen-bond donors (Lipinski definition) is 0. The van der Waals surface area contributed by atoms with Crippen LogP contribution in [0.1, 0.15) is 112 Å². The molecule has 0 radical (unpaired) electrons. The number of halogens is 5. The second-order valence-electron chi connectivity index (χ2n) is 18.1. The average molecular weight is 1480 g/mol. The van der Waals surface area contributed by atoms with Gasteiger partial charge in [0.25, 0.3) is 0 Å². The zero-order valence-corrected chi connectivity index (χ0v) is 52.9. The second kappa shape index (κ2) is 34.6. The zero-order valence-electron chi connectivity index (χ0n) is 43.0. The Morgan fingerprint density at radius 2 is 0.541 bits per heavy atom. The van der Waals surface area contributed by atoms with Crippen molar-refractivity contribution in [2.45, 2.75) is 83.4 Å². The molecule has 8 aromatic rings. The summed E-state index contributed by atoms with van der Waals surface area (Å²) in [5, 5.41) is 8.08. The van der Waals surface area contributed by atoms with Crippen LogP contribution in [-0.4, -0.2) is 16.7 Å². The standard InChI is InChI=1S/2C31H32NP.CHCl3.2Au.2ClH/c2*1-23(2)28-19-13-20-29(24(3)4)31(28)32-22-25-14-11-12-21-30(25)33(26-15-7-5-8-16-26)27-17-9-6-10-18-27;2-1(3)4;;;;/h2*5-24H,1-4H3;1H;;;2*1H/q;;;2*+1;;/p-2. The van der Waals surface area contributed by atoms with Crippen molar-refractivity contribution in [3.8, 4) is 0 Å². The molecule has 0 aliphatic rings. The van der Waals surface area contributed by atoms with Crippen LogP contribution in [0, 0.1) is 0 Å². The third-order valence-corrected chi connectivity index (χ3v) is 16.8. The minimum Gasteiger partial charge on any atom is -1.00 e. The fraction of sp³-hybridized carbons (Fsp3) is 0.206. The third-order valence-electron chi connectivity index (χ3n) is 11.8. The van der Waals surface area contributed by atoms with Crippen molar-refractivity contribution in [2.24, 2.45) is 9.98 Å². The summed E-state index contributed by atoms with van der Waals surface area (Å²) >= 11 is 14.4. The Bertz CT molecular complexity index is 2570. The van der Waals surface area contributed by atoms with E-state index >= 15 is 0 Å². The molecule has 2 nitrogen and oxygen atoms in total. The number of alkyl halides is 3. The van der Waals surface area contributed by atoms with Crippen molar-refractivity contribution in [1.82, 2.24) is 0 Å². The second-order valence-corrected chi connectivity index (χ2v) is 24.4. The Morgan fingerprint density at radius 3 is 0.770 bits per heavy atom. The molecule has 0 N–H and O–H groups in total. The van der Waals surface area contributed by atoms with E-state index in [2.05, 4.69) is 274 Å². The molecule has 0 saturated heterocycles. The molecule has 0 atom stereocenters. The maximum atomic E-state index is 5.13. The molecule has 0 aromatic heterocycles. The van der Waals surface area contributed by atoms with Gasteiger partial charge in [-0.2, -0.15) is 0 Å². The summed E-state index contributed by atoms with van der Waals surface area (Å²) in [4.78, 5) is 10.3. The first-order chi connectivity index (χ1) is 33.8. The van der Waals surface area contributed by atoms with E-state index < -0.39 is 20.1 Å². The molecule has 0 saturated carbocycles. The van der Waals surface area contributed by atoms with E-state index in [-0.39, 0.29) is 69.6 Å². The first kappa shape index (κ1) is 67.0. The Balaban J connectivity index is 0.000000450. The van der Waals surface area contributed by atoms with Gasteiger partial charge < -0.3 is 24.8 Å². The van der Waals surface area contributed by atoms with Crippen molar-refractivity contribution in [2.75, 3.05) is 0 Å². The molecular weight excluding hydrogens is 1420 g/mol. The Kier molecular flexibility index (Phi) is 31.3. The predicted octanol–water partition coefficient (Wildman–Crippen LogP) is 10.9. The molecular formula is C63H65Au2Cl5N2P2. The van der Waals surface area contributed by atoms with Crippen LogP contribution >= 0.6 is 50.6 Å². The Labute approximate surface area is 504 Å². The van der Waals surface area contributed by atoms with Crippen LogP contribution in [0.5, 0.6) is 0 Å². The molecule has 0 heterocycles. The number of hydrogen-bond acceptors (Lipinski definition) is 2. The topological polar surface area (TPSA) is 24.7 Å². The molecule has 0 unspecified atom stereocenters. The normalized spacial score (nSPS) is 10.9. The van der Waals surface area contributed by atoms with Crippen molar-refractivity contribution >= 4 is 106 Å². The third kappa shape index (κ3) is 19.1. The molecule has 8 rings (SSSR count). The monoisotopic (exact) mass is 1480 g/mol. The van der Waals surface area contributed by atoms with Gasteiger partial charge in [-0.15, -0.1) is 0 Å². The van der Waals surface area contributed by atoms with Crippen molar-refractivity contribution in [1.29, 1.82) is 0 Å². The van der Waals surface area contributed by atoms with Gasteiger partial charge in [0.1, 0.15) is 0 Å². The van der Waals surface area contributed by atoms with Gasteiger partial charge in [0.05, 0.1) is 11.4 Å². The van der Waals surface area contributed by atoms with E-state index in [0.29, 0.717) is 23.7 Å². The molecule has 11 heteroatoms. The molecule has 0 aliphatic carbocycles. The summed E-state index contributed by atoms with van der Waals surface area (Å²) in [6, 6.07) is 74.1. The number of rotatable bonds is 14. The molecule has 0 fully saturated rings. The summed E-state index contributed by atoms with van der Waals surface area (Å²) in [7, 11) is -1.36. The van der Waals surface area contributed by atoms with Gasteiger partial charge in [0, 0.05) is 23.6 Å². The molecule has 0 bridgehead atoms. The van der Waals surface area contributed by atoms with Crippen LogP contribution < -0.4 is 56.6 Å². The van der Waals surface area contributed by atoms with Crippen LogP contribution in [-0.2, 0) is 44.8 Å². The van der Waals surface area contributed by atoms with E-state index in [1.165, 1.54) is 65.2 Å². The van der Waals surface area contributed by atoms with E-state index in [0.717, 1.165) is 11.4 Å². The molecule has 0 aliphatic heterocycles. The van der Waals surface area contributed by atoms with Crippen LogP contribution in [0.3, 0.4) is 0 Å². The Morgan fingerprint density at radius 1 is 0.324 bits per heavy atom. The minimum absolute atomic E-state index is 0. The summed E-state index contributed by atoms with van der Waals surface area (Å²) in [6.45, 7) is 18.0. The van der Waals surface area contributed by atoms with Crippen LogP contribution in [0.4, 0.5) is 11.4 Å². The quantitative estimate of drug-likeness (QED) is 0.0449. The van der Waals surface area contributed by atoms with Crippen LogP contribution in [0.25, 0.3) is 0 Å². The van der Waals surface area contributed by atoms with Crippen molar-refractivity contribution in [3.63, 3.8) is 0 Å². The van der Waals surface area contributed by atoms with Crippen LogP contribution in [0.15, 0.2) is 216 Å². The number of aliphatic imine (C=N–C) groups is 2. The summed E-state index contributed by atoms with van der Waals surface area (Å²) < 4.78 is -0.750. The van der Waals surface area contributed by atoms with Gasteiger partial charge in [0.2, 0.25) is 0 Å². The molecule has 394 valence electrons. The fourth-order valence-electron chi connectivity index (χ4n) is 8.35. The maximum Gasteiger partial charge on any atom is 1.00 e. The number of benzene rings is 8. The van der Waals surface area contributed by atoms with Gasteiger partial charge in [-0.3, -0.25) is 9.98 Å². The smallest absolute Gasteiger partial charge is 1.00 e. The number of nitrogens with zero attached hydrogens (tertiary/aromatic N) is 2. The molecule has 74 heavy (non-hydrogen) atoms. The zero-order chi connectivity index (χ0) is 50.0. The maximum absolute atomic E-state index is 5.13. The molecule has 0 amide bonds. The fourth-order valence-corrected chi connectivity index (χ4v) is 13.2. The number of para-hydroxylation sites is 2. The molecule has 8 aromatic carbocycles. The van der Waals surface area contributed by atoms with E-state index in [1.54, 1.807) is 0 Å². The minimum atomic E-state index is -0.750. The van der Waals surface area contributed by atoms with Gasteiger partial charge in [-0.05, 0) is 93.6 Å². The van der Waals surface area contributed by atoms with Gasteiger partial charge in [-0.1, -0.05) is 296 Å². The molecule has 0 spiro atoms. The summed E-state index contributed by atoms with van der Waals surface area (Å²) in [5.41, 5.74) is 9.86. The van der Waals surface area contributed by atoms with Crippen LogP contribution in [0.2, 0.25) is 0 Å². The van der Waals surface area contributed by atoms with Crippen molar-refractivity contribution < 1.29 is 69.6 Å².